The van der Waals surface area contributed by atoms with E-state index in [1.165, 1.54) is 18.4 Å². The molecule has 0 radical (unpaired) electrons. The van der Waals surface area contributed by atoms with E-state index in [0.29, 0.717) is 0 Å². The first-order valence-corrected chi connectivity index (χ1v) is 7.75. The first-order chi connectivity index (χ1) is 10.4. The molecule has 0 spiro atoms. The fourth-order valence-corrected chi connectivity index (χ4v) is 2.63. The minimum Gasteiger partial charge on any atom is -0.352 e. The quantitative estimate of drug-likeness (QED) is 0.852. The van der Waals surface area contributed by atoms with Crippen LogP contribution in [0.25, 0.3) is 17.1 Å². The average molecular weight is 279 g/mol. The first-order valence-electron chi connectivity index (χ1n) is 7.75. The number of aromatic nitrogens is 2. The van der Waals surface area contributed by atoms with Crippen molar-refractivity contribution in [2.45, 2.75) is 39.0 Å². The number of allylic oxidation sites excluding steroid dienone is 1. The second kappa shape index (κ2) is 6.53. The zero-order chi connectivity index (χ0) is 14.5. The lowest BCUT2D eigenvalue weighted by atomic mass is 10.1. The minimum atomic E-state index is 1.01. The molecule has 3 rings (SSSR count). The highest BCUT2D eigenvalue weighted by Gasteiger charge is 2.13. The van der Waals surface area contributed by atoms with E-state index >= 15 is 0 Å². The Labute approximate surface area is 125 Å². The first kappa shape index (κ1) is 13.8. The van der Waals surface area contributed by atoms with Gasteiger partial charge in [0.15, 0.2) is 0 Å². The van der Waals surface area contributed by atoms with E-state index < -0.39 is 0 Å². The van der Waals surface area contributed by atoms with Gasteiger partial charge in [-0.15, -0.1) is 0 Å². The van der Waals surface area contributed by atoms with Gasteiger partial charge in [-0.2, -0.15) is 0 Å². The monoisotopic (exact) mass is 279 g/mol. The van der Waals surface area contributed by atoms with Crippen LogP contribution in [0.1, 0.15) is 43.9 Å². The topological polar surface area (TPSA) is 41.0 Å². The van der Waals surface area contributed by atoms with Gasteiger partial charge in [-0.25, -0.2) is 0 Å². The van der Waals surface area contributed by atoms with Gasteiger partial charge >= 0.3 is 0 Å². The third-order valence-electron chi connectivity index (χ3n) is 3.76. The normalized spacial score (nSPS) is 14.2. The summed E-state index contributed by atoms with van der Waals surface area (Å²) in [6, 6.07) is 8.29. The van der Waals surface area contributed by atoms with Crippen molar-refractivity contribution in [2.75, 3.05) is 0 Å². The third-order valence-corrected chi connectivity index (χ3v) is 3.76. The van der Waals surface area contributed by atoms with Gasteiger partial charge in [0.1, 0.15) is 0 Å². The summed E-state index contributed by atoms with van der Waals surface area (Å²) in [4.78, 5) is 12.5. The van der Waals surface area contributed by atoms with E-state index in [4.69, 9.17) is 0 Å². The van der Waals surface area contributed by atoms with Crippen molar-refractivity contribution in [1.29, 1.82) is 0 Å². The average Bonchev–Trinajstić information content (AvgIpc) is 2.99. The Balaban J connectivity index is 1.99. The number of unbranched alkanes of at least 4 members (excludes halogenated alkanes) is 1. The van der Waals surface area contributed by atoms with Crippen LogP contribution in [-0.4, -0.2) is 16.2 Å². The highest BCUT2D eigenvalue weighted by atomic mass is 14.9. The number of aryl methyl sites for hydroxylation is 1. The molecule has 0 amide bonds. The van der Waals surface area contributed by atoms with Crippen molar-refractivity contribution in [3.63, 3.8) is 0 Å². The van der Waals surface area contributed by atoms with Crippen molar-refractivity contribution in [3.8, 4) is 11.4 Å². The van der Waals surface area contributed by atoms with Gasteiger partial charge < -0.3 is 4.98 Å². The Morgan fingerprint density at radius 1 is 1.24 bits per heavy atom. The van der Waals surface area contributed by atoms with Crippen LogP contribution in [-0.2, 0) is 6.42 Å². The molecule has 0 fully saturated rings. The number of H-pyrrole nitrogens is 1. The van der Waals surface area contributed by atoms with Gasteiger partial charge in [0.05, 0.1) is 22.8 Å². The van der Waals surface area contributed by atoms with Gasteiger partial charge in [0.25, 0.3) is 0 Å². The highest BCUT2D eigenvalue weighted by molar-refractivity contribution is 5.77. The van der Waals surface area contributed by atoms with Crippen molar-refractivity contribution < 1.29 is 0 Å². The largest absolute Gasteiger partial charge is 0.352 e. The van der Waals surface area contributed by atoms with Crippen LogP contribution in [0.3, 0.4) is 0 Å². The molecule has 2 aromatic rings. The van der Waals surface area contributed by atoms with Crippen LogP contribution in [0.2, 0.25) is 0 Å². The van der Waals surface area contributed by atoms with E-state index in [1.807, 2.05) is 24.5 Å². The molecule has 108 valence electrons. The number of aliphatic imine (C=N–C) groups is 1. The van der Waals surface area contributed by atoms with E-state index in [0.717, 1.165) is 42.0 Å². The van der Waals surface area contributed by atoms with Crippen LogP contribution in [0.15, 0.2) is 41.5 Å². The number of hydrogen-bond acceptors (Lipinski definition) is 2. The number of rotatable bonds is 5. The number of nitrogens with zero attached hydrogens (tertiary/aromatic N) is 2. The fourth-order valence-electron chi connectivity index (χ4n) is 2.63. The maximum absolute atomic E-state index is 4.51. The highest BCUT2D eigenvalue weighted by Crippen LogP contribution is 2.28. The van der Waals surface area contributed by atoms with Gasteiger partial charge in [-0.3, -0.25) is 9.98 Å². The van der Waals surface area contributed by atoms with Crippen LogP contribution >= 0.6 is 0 Å². The summed E-state index contributed by atoms with van der Waals surface area (Å²) in [6.45, 7) is 2.22. The van der Waals surface area contributed by atoms with Gasteiger partial charge in [0, 0.05) is 12.4 Å². The molecule has 0 unspecified atom stereocenters. The summed E-state index contributed by atoms with van der Waals surface area (Å²) in [6.07, 6.45) is 11.6. The zero-order valence-corrected chi connectivity index (χ0v) is 12.5. The Bertz CT molecular complexity index is 650. The molecule has 1 aliphatic rings. The van der Waals surface area contributed by atoms with Gasteiger partial charge in [-0.05, 0) is 49.4 Å². The lowest BCUT2D eigenvalue weighted by Crippen LogP contribution is -1.90. The summed E-state index contributed by atoms with van der Waals surface area (Å²) in [7, 11) is 0. The minimum absolute atomic E-state index is 1.01. The van der Waals surface area contributed by atoms with Crippen molar-refractivity contribution in [1.82, 2.24) is 9.97 Å². The van der Waals surface area contributed by atoms with Crippen LogP contribution in [0.4, 0.5) is 0 Å². The second-order valence-corrected chi connectivity index (χ2v) is 5.38. The van der Waals surface area contributed by atoms with Crippen LogP contribution in [0.5, 0.6) is 0 Å². The fraction of sp³-hybridized carbons (Fsp3) is 0.333. The molecule has 0 aliphatic carbocycles. The molecular formula is C18H21N3. The molecule has 0 bridgehead atoms. The van der Waals surface area contributed by atoms with Gasteiger partial charge in [-0.1, -0.05) is 25.5 Å². The molecule has 1 aliphatic heterocycles. The summed E-state index contributed by atoms with van der Waals surface area (Å²) in [5.41, 5.74) is 5.65. The second-order valence-electron chi connectivity index (χ2n) is 5.38. The lowest BCUT2D eigenvalue weighted by molar-refractivity contribution is 0.796. The van der Waals surface area contributed by atoms with Crippen LogP contribution in [0, 0.1) is 0 Å². The van der Waals surface area contributed by atoms with E-state index in [9.17, 15) is 0 Å². The molecule has 3 heteroatoms. The summed E-state index contributed by atoms with van der Waals surface area (Å²) in [5.74, 6) is 0. The molecule has 0 saturated heterocycles. The number of aromatic amines is 1. The third kappa shape index (κ3) is 3.13. The zero-order valence-electron chi connectivity index (χ0n) is 12.5. The predicted octanol–water partition coefficient (Wildman–Crippen LogP) is 4.62. The smallest absolute Gasteiger partial charge is 0.0867 e. The summed E-state index contributed by atoms with van der Waals surface area (Å²) >= 11 is 0. The standard InChI is InChI=1S/C18H21N3/c1-2-3-8-14-13-17(15-9-4-6-11-19-15)21-18(14)16-10-5-7-12-20-16/h5,7,9-13,21H,2-4,6,8H2,1H3. The van der Waals surface area contributed by atoms with E-state index in [1.54, 1.807) is 0 Å². The maximum atomic E-state index is 4.51. The van der Waals surface area contributed by atoms with E-state index in [2.05, 4.69) is 40.1 Å². The summed E-state index contributed by atoms with van der Waals surface area (Å²) in [5, 5.41) is 0. The van der Waals surface area contributed by atoms with Crippen molar-refractivity contribution in [2.24, 2.45) is 4.99 Å². The molecule has 3 nitrogen and oxygen atoms in total. The molecule has 0 aromatic carbocycles. The SMILES string of the molecule is CCCCc1cc(C2=CCCC=N2)[nH]c1-c1ccccn1. The molecule has 0 atom stereocenters. The number of nitrogens with one attached hydrogen (secondary N) is 1. The van der Waals surface area contributed by atoms with Crippen molar-refractivity contribution in [3.05, 3.63) is 47.8 Å². The molecule has 21 heavy (non-hydrogen) atoms. The van der Waals surface area contributed by atoms with Gasteiger partial charge in [0.2, 0.25) is 0 Å². The molecule has 2 aromatic heterocycles. The Morgan fingerprint density at radius 3 is 2.90 bits per heavy atom. The maximum Gasteiger partial charge on any atom is 0.0867 e. The number of pyridine rings is 1. The van der Waals surface area contributed by atoms with Crippen LogP contribution < -0.4 is 0 Å². The number of hydrogen-bond donors (Lipinski definition) is 1. The Kier molecular flexibility index (Phi) is 4.29. The van der Waals surface area contributed by atoms with Crippen molar-refractivity contribution >= 4 is 11.9 Å². The Hall–Kier alpha value is -2.16. The van der Waals surface area contributed by atoms with E-state index in [-0.39, 0.29) is 0 Å². The predicted molar refractivity (Wildman–Crippen MR) is 88.3 cm³/mol. The molecule has 3 heterocycles. The Morgan fingerprint density at radius 2 is 2.19 bits per heavy atom. The molecule has 1 N–H and O–H groups in total. The molecular weight excluding hydrogens is 258 g/mol. The summed E-state index contributed by atoms with van der Waals surface area (Å²) < 4.78 is 0. The lowest BCUT2D eigenvalue weighted by Gasteiger charge is -2.04. The molecule has 0 saturated carbocycles.